The predicted molar refractivity (Wildman–Crippen MR) is 72.4 cm³/mol. The Kier molecular flexibility index (Phi) is 2.89. The molecule has 2 N–H and O–H groups in total. The molecule has 0 saturated carbocycles. The predicted octanol–water partition coefficient (Wildman–Crippen LogP) is 2.62. The number of aromatic nitrogens is 2. The Morgan fingerprint density at radius 1 is 1.21 bits per heavy atom. The number of nitrogen functional groups attached to an aromatic ring is 1. The number of nitrogens with zero attached hydrogens (tertiary/aromatic N) is 2. The van der Waals surface area contributed by atoms with E-state index < -0.39 is 0 Å². The van der Waals surface area contributed by atoms with Crippen molar-refractivity contribution in [3.8, 4) is 11.5 Å². The number of anilines is 1. The van der Waals surface area contributed by atoms with Crippen LogP contribution in [0.5, 0.6) is 0 Å². The molecule has 0 saturated heterocycles. The number of fused-ring (bicyclic) bond motifs is 1. The molecular weight excluding hydrogens is 242 g/mol. The number of nitrogens with two attached hydrogens (primary N) is 1. The lowest BCUT2D eigenvalue weighted by Gasteiger charge is -2.04. The minimum absolute atomic E-state index is 0.316. The van der Waals surface area contributed by atoms with Crippen LogP contribution in [-0.2, 0) is 11.3 Å². The lowest BCUT2D eigenvalue weighted by Crippen LogP contribution is -1.92. The highest BCUT2D eigenvalue weighted by Gasteiger charge is 2.12. The summed E-state index contributed by atoms with van der Waals surface area (Å²) in [5.41, 5.74) is 7.40. The van der Waals surface area contributed by atoms with Crippen LogP contribution in [0.3, 0.4) is 0 Å². The maximum absolute atomic E-state index is 6.04. The first-order valence-electron chi connectivity index (χ1n) is 5.88. The van der Waals surface area contributed by atoms with Gasteiger partial charge in [-0.1, -0.05) is 29.4 Å². The third-order valence-corrected chi connectivity index (χ3v) is 2.89. The summed E-state index contributed by atoms with van der Waals surface area (Å²) in [5.74, 6) is 0.917. The molecule has 1 heterocycles. The Balaban J connectivity index is 2.10. The van der Waals surface area contributed by atoms with Crippen molar-refractivity contribution in [2.24, 2.45) is 0 Å². The van der Waals surface area contributed by atoms with Crippen molar-refractivity contribution in [2.75, 3.05) is 12.8 Å². The lowest BCUT2D eigenvalue weighted by atomic mass is 10.1. The van der Waals surface area contributed by atoms with Crippen LogP contribution in [0.1, 0.15) is 5.82 Å². The van der Waals surface area contributed by atoms with Gasteiger partial charge in [-0.3, -0.25) is 0 Å². The number of benzene rings is 2. The first-order chi connectivity index (χ1) is 9.28. The fraction of sp³-hybridized carbons (Fsp3) is 0.143. The Bertz CT molecular complexity index is 722. The average Bonchev–Trinajstić information content (AvgIpc) is 2.87. The van der Waals surface area contributed by atoms with E-state index in [2.05, 4.69) is 10.1 Å². The maximum Gasteiger partial charge on any atom is 0.260 e. The molecule has 0 radical (unpaired) electrons. The summed E-state index contributed by atoms with van der Waals surface area (Å²) < 4.78 is 10.2. The molecule has 0 aliphatic carbocycles. The summed E-state index contributed by atoms with van der Waals surface area (Å²) in [5, 5.41) is 6.00. The van der Waals surface area contributed by atoms with Crippen molar-refractivity contribution in [1.82, 2.24) is 10.1 Å². The SMILES string of the molecule is COCc1noc(-c2cc3ccccc3cc2N)n1. The van der Waals surface area contributed by atoms with E-state index in [-0.39, 0.29) is 0 Å². The van der Waals surface area contributed by atoms with Crippen LogP contribution < -0.4 is 5.73 Å². The van der Waals surface area contributed by atoms with E-state index in [1.165, 1.54) is 0 Å². The smallest absolute Gasteiger partial charge is 0.260 e. The standard InChI is InChI=1S/C14H13N3O2/c1-18-8-13-16-14(19-17-13)11-6-9-4-2-3-5-10(9)7-12(11)15/h2-7H,8,15H2,1H3. The average molecular weight is 255 g/mol. The molecule has 0 unspecified atom stereocenters. The first kappa shape index (κ1) is 11.7. The van der Waals surface area contributed by atoms with Crippen LogP contribution in [0.4, 0.5) is 5.69 Å². The minimum atomic E-state index is 0.316. The van der Waals surface area contributed by atoms with E-state index in [0.717, 1.165) is 16.3 Å². The second kappa shape index (κ2) is 4.70. The van der Waals surface area contributed by atoms with Gasteiger partial charge in [0.05, 0.1) is 5.56 Å². The number of hydrogen-bond acceptors (Lipinski definition) is 5. The van der Waals surface area contributed by atoms with E-state index in [9.17, 15) is 0 Å². The van der Waals surface area contributed by atoms with Crippen molar-refractivity contribution >= 4 is 16.5 Å². The Morgan fingerprint density at radius 2 is 1.95 bits per heavy atom. The maximum atomic E-state index is 6.04. The summed E-state index contributed by atoms with van der Waals surface area (Å²) in [6, 6.07) is 11.8. The Labute approximate surface area is 110 Å². The van der Waals surface area contributed by atoms with Crippen molar-refractivity contribution in [3.05, 3.63) is 42.2 Å². The molecule has 3 rings (SSSR count). The molecule has 0 aliphatic heterocycles. The van der Waals surface area contributed by atoms with E-state index in [1.807, 2.05) is 36.4 Å². The van der Waals surface area contributed by atoms with E-state index >= 15 is 0 Å². The zero-order valence-electron chi connectivity index (χ0n) is 10.5. The highest BCUT2D eigenvalue weighted by molar-refractivity contribution is 5.92. The summed E-state index contributed by atoms with van der Waals surface area (Å²) in [6.07, 6.45) is 0. The molecule has 5 heteroatoms. The largest absolute Gasteiger partial charge is 0.398 e. The topological polar surface area (TPSA) is 74.2 Å². The van der Waals surface area contributed by atoms with Gasteiger partial charge < -0.3 is 15.0 Å². The Morgan fingerprint density at radius 3 is 2.68 bits per heavy atom. The highest BCUT2D eigenvalue weighted by Crippen LogP contribution is 2.29. The molecule has 0 bridgehead atoms. The van der Waals surface area contributed by atoms with Gasteiger partial charge in [0.15, 0.2) is 5.82 Å². The van der Waals surface area contributed by atoms with Crippen LogP contribution in [0, 0.1) is 0 Å². The molecule has 3 aromatic rings. The van der Waals surface area contributed by atoms with Crippen LogP contribution in [-0.4, -0.2) is 17.3 Å². The number of ether oxygens (including phenoxy) is 1. The number of hydrogen-bond donors (Lipinski definition) is 1. The van der Waals surface area contributed by atoms with Crippen molar-refractivity contribution in [1.29, 1.82) is 0 Å². The number of methoxy groups -OCH3 is 1. The van der Waals surface area contributed by atoms with Crippen LogP contribution >= 0.6 is 0 Å². The molecule has 0 spiro atoms. The second-order valence-corrected chi connectivity index (χ2v) is 4.24. The molecule has 0 fully saturated rings. The molecule has 96 valence electrons. The summed E-state index contributed by atoms with van der Waals surface area (Å²) >= 11 is 0. The fourth-order valence-corrected chi connectivity index (χ4v) is 1.99. The van der Waals surface area contributed by atoms with E-state index in [0.29, 0.717) is 24.0 Å². The van der Waals surface area contributed by atoms with E-state index in [4.69, 9.17) is 15.0 Å². The Hall–Kier alpha value is -2.40. The monoisotopic (exact) mass is 255 g/mol. The third-order valence-electron chi connectivity index (χ3n) is 2.89. The molecule has 0 atom stereocenters. The number of rotatable bonds is 3. The third kappa shape index (κ3) is 2.15. The zero-order chi connectivity index (χ0) is 13.2. The minimum Gasteiger partial charge on any atom is -0.398 e. The molecular formula is C14H13N3O2. The van der Waals surface area contributed by atoms with Gasteiger partial charge in [-0.15, -0.1) is 0 Å². The summed E-state index contributed by atoms with van der Waals surface area (Å²) in [6.45, 7) is 0.316. The van der Waals surface area contributed by atoms with Gasteiger partial charge in [-0.25, -0.2) is 0 Å². The summed E-state index contributed by atoms with van der Waals surface area (Å²) in [4.78, 5) is 4.26. The van der Waals surface area contributed by atoms with E-state index in [1.54, 1.807) is 7.11 Å². The van der Waals surface area contributed by atoms with Gasteiger partial charge >= 0.3 is 0 Å². The van der Waals surface area contributed by atoms with Gasteiger partial charge in [0.25, 0.3) is 5.89 Å². The molecule has 1 aromatic heterocycles. The van der Waals surface area contributed by atoms with Crippen LogP contribution in [0.25, 0.3) is 22.2 Å². The fourth-order valence-electron chi connectivity index (χ4n) is 1.99. The first-order valence-corrected chi connectivity index (χ1v) is 5.88. The van der Waals surface area contributed by atoms with Gasteiger partial charge in [0.1, 0.15) is 6.61 Å². The van der Waals surface area contributed by atoms with Crippen LogP contribution in [0.2, 0.25) is 0 Å². The van der Waals surface area contributed by atoms with Gasteiger partial charge in [-0.2, -0.15) is 4.98 Å². The van der Waals surface area contributed by atoms with Crippen molar-refractivity contribution in [2.45, 2.75) is 6.61 Å². The van der Waals surface area contributed by atoms with Crippen molar-refractivity contribution < 1.29 is 9.26 Å². The molecule has 5 nitrogen and oxygen atoms in total. The molecule has 2 aromatic carbocycles. The zero-order valence-corrected chi connectivity index (χ0v) is 10.5. The molecule has 19 heavy (non-hydrogen) atoms. The van der Waals surface area contributed by atoms with Gasteiger partial charge in [0.2, 0.25) is 0 Å². The molecule has 0 amide bonds. The highest BCUT2D eigenvalue weighted by atomic mass is 16.5. The molecule has 0 aliphatic rings. The van der Waals surface area contributed by atoms with Gasteiger partial charge in [0, 0.05) is 12.8 Å². The van der Waals surface area contributed by atoms with Crippen molar-refractivity contribution in [3.63, 3.8) is 0 Å². The van der Waals surface area contributed by atoms with Gasteiger partial charge in [-0.05, 0) is 22.9 Å². The summed E-state index contributed by atoms with van der Waals surface area (Å²) in [7, 11) is 1.58. The quantitative estimate of drug-likeness (QED) is 0.728. The second-order valence-electron chi connectivity index (χ2n) is 4.24. The van der Waals surface area contributed by atoms with Crippen LogP contribution in [0.15, 0.2) is 40.9 Å². The normalized spacial score (nSPS) is 11.0. The lowest BCUT2D eigenvalue weighted by molar-refractivity contribution is 0.174.